The van der Waals surface area contributed by atoms with Crippen molar-refractivity contribution in [2.45, 2.75) is 37.4 Å². The number of benzene rings is 3. The highest BCUT2D eigenvalue weighted by Gasteiger charge is 2.21. The maximum absolute atomic E-state index is 13.4. The van der Waals surface area contributed by atoms with Crippen LogP contribution in [0.5, 0.6) is 0 Å². The van der Waals surface area contributed by atoms with Gasteiger partial charge in [0.25, 0.3) is 5.56 Å². The zero-order valence-electron chi connectivity index (χ0n) is 16.9. The number of thioether (sulfide) groups is 1. The molecule has 0 unspecified atom stereocenters. The Bertz CT molecular complexity index is 1240. The van der Waals surface area contributed by atoms with Gasteiger partial charge in [-0.1, -0.05) is 84.6 Å². The zero-order valence-corrected chi connectivity index (χ0v) is 17.7. The molecule has 1 aromatic heterocycles. The Kier molecular flexibility index (Phi) is 5.41. The molecule has 0 fully saturated rings. The average Bonchev–Trinajstić information content (AvgIpc) is 3.26. The molecule has 0 saturated carbocycles. The predicted octanol–water partition coefficient (Wildman–Crippen LogP) is 5.27. The Labute approximate surface area is 180 Å². The number of nitrogens with zero attached hydrogens (tertiary/aromatic N) is 2. The van der Waals surface area contributed by atoms with Gasteiger partial charge in [-0.15, -0.1) is 0 Å². The lowest BCUT2D eigenvalue weighted by molar-refractivity contribution is 0.634. The maximum Gasteiger partial charge on any atom is 0.257 e. The minimum Gasteiger partial charge on any atom is -0.283 e. The first kappa shape index (κ1) is 19.1. The van der Waals surface area contributed by atoms with E-state index in [-0.39, 0.29) is 5.56 Å². The first-order chi connectivity index (χ1) is 14.8. The van der Waals surface area contributed by atoms with Crippen LogP contribution < -0.4 is 5.56 Å². The number of aromatic nitrogens is 2. The van der Waals surface area contributed by atoms with Crippen LogP contribution in [0.4, 0.5) is 0 Å². The van der Waals surface area contributed by atoms with Crippen molar-refractivity contribution >= 4 is 22.5 Å². The van der Waals surface area contributed by atoms with Crippen LogP contribution in [-0.2, 0) is 25.8 Å². The van der Waals surface area contributed by atoms with Gasteiger partial charge >= 0.3 is 0 Å². The van der Waals surface area contributed by atoms with Crippen LogP contribution in [-0.4, -0.2) is 15.3 Å². The minimum atomic E-state index is 0.146. The summed E-state index contributed by atoms with van der Waals surface area (Å²) in [5.74, 6) is 0.908. The van der Waals surface area contributed by atoms with Gasteiger partial charge in [0.1, 0.15) is 0 Å². The average molecular weight is 413 g/mol. The van der Waals surface area contributed by atoms with E-state index in [1.165, 1.54) is 21.9 Å². The van der Waals surface area contributed by atoms with E-state index in [4.69, 9.17) is 4.98 Å². The number of hydrogen-bond donors (Lipinski definition) is 0. The molecule has 30 heavy (non-hydrogen) atoms. The van der Waals surface area contributed by atoms with Crippen LogP contribution in [0, 0.1) is 0 Å². The molecule has 3 nitrogen and oxygen atoms in total. The summed E-state index contributed by atoms with van der Waals surface area (Å²) < 4.78 is 1.90. The normalized spacial score (nSPS) is 12.9. The molecule has 0 bridgehead atoms. The molecule has 0 spiro atoms. The van der Waals surface area contributed by atoms with E-state index in [0.717, 1.165) is 47.8 Å². The lowest BCUT2D eigenvalue weighted by atomic mass is 10.0. The molecule has 0 N–H and O–H groups in total. The van der Waals surface area contributed by atoms with Gasteiger partial charge in [0.2, 0.25) is 0 Å². The summed E-state index contributed by atoms with van der Waals surface area (Å²) in [6, 6.07) is 25.2. The summed E-state index contributed by atoms with van der Waals surface area (Å²) in [5, 5.41) is 3.26. The quantitative estimate of drug-likeness (QED) is 0.320. The summed E-state index contributed by atoms with van der Waals surface area (Å²) in [7, 11) is 0. The fraction of sp³-hybridized carbons (Fsp3) is 0.231. The monoisotopic (exact) mass is 412 g/mol. The molecule has 1 aliphatic carbocycles. The molecular weight excluding hydrogens is 388 g/mol. The zero-order chi connectivity index (χ0) is 20.3. The second kappa shape index (κ2) is 8.49. The van der Waals surface area contributed by atoms with Gasteiger partial charge in [0.15, 0.2) is 5.16 Å². The minimum absolute atomic E-state index is 0.146. The lowest BCUT2D eigenvalue weighted by Crippen LogP contribution is -2.27. The summed E-state index contributed by atoms with van der Waals surface area (Å²) >= 11 is 1.70. The van der Waals surface area contributed by atoms with Crippen LogP contribution in [0.25, 0.3) is 10.8 Å². The van der Waals surface area contributed by atoms with E-state index in [9.17, 15) is 4.79 Å². The standard InChI is InChI=1S/C26H24N2OS/c29-25-23-14-7-15-24(23)27-26(30-17-16-19-8-2-1-3-9-19)28(25)18-21-12-6-11-20-10-4-5-13-22(20)21/h1-6,8-13H,7,14-18H2. The van der Waals surface area contributed by atoms with E-state index >= 15 is 0 Å². The van der Waals surface area contributed by atoms with E-state index in [2.05, 4.69) is 66.7 Å². The van der Waals surface area contributed by atoms with Crippen molar-refractivity contribution in [3.8, 4) is 0 Å². The molecule has 3 aromatic carbocycles. The first-order valence-electron chi connectivity index (χ1n) is 10.6. The van der Waals surface area contributed by atoms with Crippen LogP contribution in [0.2, 0.25) is 0 Å². The fourth-order valence-electron chi connectivity index (χ4n) is 4.26. The molecule has 150 valence electrons. The van der Waals surface area contributed by atoms with Gasteiger partial charge in [-0.2, -0.15) is 0 Å². The number of hydrogen-bond acceptors (Lipinski definition) is 3. The van der Waals surface area contributed by atoms with E-state index in [1.54, 1.807) is 11.8 Å². The molecule has 0 saturated heterocycles. The Morgan fingerprint density at radius 2 is 1.70 bits per heavy atom. The van der Waals surface area contributed by atoms with Gasteiger partial charge in [-0.25, -0.2) is 4.98 Å². The predicted molar refractivity (Wildman–Crippen MR) is 124 cm³/mol. The van der Waals surface area contributed by atoms with Crippen LogP contribution in [0.3, 0.4) is 0 Å². The molecule has 0 radical (unpaired) electrons. The van der Waals surface area contributed by atoms with Crippen molar-refractivity contribution in [2.75, 3.05) is 5.75 Å². The molecule has 1 heterocycles. The van der Waals surface area contributed by atoms with Crippen molar-refractivity contribution in [1.29, 1.82) is 0 Å². The van der Waals surface area contributed by atoms with Crippen LogP contribution in [0.1, 0.15) is 28.8 Å². The van der Waals surface area contributed by atoms with Gasteiger partial charge in [0.05, 0.1) is 12.2 Å². The number of rotatable bonds is 6. The summed E-state index contributed by atoms with van der Waals surface area (Å²) in [6.07, 6.45) is 3.77. The van der Waals surface area contributed by atoms with Gasteiger partial charge < -0.3 is 0 Å². The Balaban J connectivity index is 1.49. The Morgan fingerprint density at radius 1 is 0.900 bits per heavy atom. The van der Waals surface area contributed by atoms with Crippen molar-refractivity contribution in [2.24, 2.45) is 0 Å². The number of fused-ring (bicyclic) bond motifs is 2. The number of aryl methyl sites for hydroxylation is 2. The second-order valence-electron chi connectivity index (χ2n) is 7.79. The second-order valence-corrected chi connectivity index (χ2v) is 8.85. The van der Waals surface area contributed by atoms with Crippen LogP contribution >= 0.6 is 11.8 Å². The van der Waals surface area contributed by atoms with Crippen LogP contribution in [0.15, 0.2) is 82.7 Å². The highest BCUT2D eigenvalue weighted by Crippen LogP contribution is 2.25. The van der Waals surface area contributed by atoms with Crippen molar-refractivity contribution in [3.63, 3.8) is 0 Å². The third-order valence-corrected chi connectivity index (χ3v) is 6.80. The van der Waals surface area contributed by atoms with E-state index in [0.29, 0.717) is 6.54 Å². The summed E-state index contributed by atoms with van der Waals surface area (Å²) in [5.41, 5.74) is 4.56. The van der Waals surface area contributed by atoms with E-state index in [1.807, 2.05) is 10.6 Å². The van der Waals surface area contributed by atoms with Crippen molar-refractivity contribution in [3.05, 3.63) is 106 Å². The van der Waals surface area contributed by atoms with Gasteiger partial charge in [0, 0.05) is 11.3 Å². The molecule has 4 aromatic rings. The van der Waals surface area contributed by atoms with Gasteiger partial charge in [-0.05, 0) is 47.6 Å². The topological polar surface area (TPSA) is 34.9 Å². The third kappa shape index (κ3) is 3.80. The first-order valence-corrected chi connectivity index (χ1v) is 11.5. The van der Waals surface area contributed by atoms with Gasteiger partial charge in [-0.3, -0.25) is 9.36 Å². The van der Waals surface area contributed by atoms with E-state index < -0.39 is 0 Å². The Hall–Kier alpha value is -2.85. The SMILES string of the molecule is O=c1c2c(nc(SCCc3ccccc3)n1Cc1cccc3ccccc13)CCC2. The third-order valence-electron chi connectivity index (χ3n) is 5.83. The molecule has 4 heteroatoms. The largest absolute Gasteiger partial charge is 0.283 e. The molecular formula is C26H24N2OS. The van der Waals surface area contributed by atoms with Crippen molar-refractivity contribution < 1.29 is 0 Å². The Morgan fingerprint density at radius 3 is 2.60 bits per heavy atom. The van der Waals surface area contributed by atoms with Crippen molar-refractivity contribution in [1.82, 2.24) is 9.55 Å². The highest BCUT2D eigenvalue weighted by atomic mass is 32.2. The summed E-state index contributed by atoms with van der Waals surface area (Å²) in [6.45, 7) is 0.564. The molecule has 0 aliphatic heterocycles. The fourth-order valence-corrected chi connectivity index (χ4v) is 5.26. The highest BCUT2D eigenvalue weighted by molar-refractivity contribution is 7.99. The smallest absolute Gasteiger partial charge is 0.257 e. The summed E-state index contributed by atoms with van der Waals surface area (Å²) in [4.78, 5) is 18.3. The molecule has 0 atom stereocenters. The maximum atomic E-state index is 13.4. The molecule has 0 amide bonds. The lowest BCUT2D eigenvalue weighted by Gasteiger charge is -2.15. The molecule has 5 rings (SSSR count). The molecule has 1 aliphatic rings.